The van der Waals surface area contributed by atoms with Gasteiger partial charge in [-0.25, -0.2) is 4.79 Å². The molecule has 0 radical (unpaired) electrons. The van der Waals surface area contributed by atoms with E-state index in [1.165, 1.54) is 12.8 Å². The van der Waals surface area contributed by atoms with Crippen LogP contribution in [-0.4, -0.2) is 31.0 Å². The number of carbonyl (C=O) groups is 1. The topological polar surface area (TPSA) is 58.6 Å². The predicted molar refractivity (Wildman–Crippen MR) is 48.8 cm³/mol. The second-order valence-electron chi connectivity index (χ2n) is 3.45. The van der Waals surface area contributed by atoms with E-state index in [0.717, 1.165) is 31.8 Å². The monoisotopic (exact) mass is 187 g/mol. The van der Waals surface area contributed by atoms with E-state index in [4.69, 9.17) is 5.11 Å². The second-order valence-corrected chi connectivity index (χ2v) is 3.45. The molecule has 0 aliphatic carbocycles. The summed E-state index contributed by atoms with van der Waals surface area (Å²) >= 11 is 0. The van der Waals surface area contributed by atoms with Crippen LogP contribution in [-0.2, 0) is 4.74 Å². The molecule has 0 aromatic rings. The summed E-state index contributed by atoms with van der Waals surface area (Å²) in [5, 5.41) is 11.5. The summed E-state index contributed by atoms with van der Waals surface area (Å²) in [6.07, 6.45) is 3.22. The van der Waals surface area contributed by atoms with E-state index in [2.05, 4.69) is 10.1 Å². The largest absolute Gasteiger partial charge is 0.505 e. The Hall–Kier alpha value is -0.770. The quantitative estimate of drug-likeness (QED) is 0.516. The van der Waals surface area contributed by atoms with Crippen LogP contribution in [0.25, 0.3) is 0 Å². The maximum atomic E-state index is 10.0. The van der Waals surface area contributed by atoms with Gasteiger partial charge in [-0.15, -0.1) is 0 Å². The van der Waals surface area contributed by atoms with Crippen LogP contribution in [0.1, 0.15) is 25.7 Å². The van der Waals surface area contributed by atoms with Gasteiger partial charge in [0.05, 0.1) is 6.61 Å². The molecule has 1 aliphatic heterocycles. The number of hydrogen-bond donors (Lipinski definition) is 2. The minimum Gasteiger partial charge on any atom is -0.450 e. The Bertz CT molecular complexity index is 155. The lowest BCUT2D eigenvalue weighted by molar-refractivity contribution is 0.0883. The van der Waals surface area contributed by atoms with Gasteiger partial charge in [0.1, 0.15) is 0 Å². The highest BCUT2D eigenvalue weighted by molar-refractivity contribution is 5.56. The summed E-state index contributed by atoms with van der Waals surface area (Å²) < 4.78 is 4.43. The Labute approximate surface area is 78.3 Å². The summed E-state index contributed by atoms with van der Waals surface area (Å²) in [4.78, 5) is 10.0. The van der Waals surface area contributed by atoms with E-state index in [1.54, 1.807) is 0 Å². The van der Waals surface area contributed by atoms with Crippen molar-refractivity contribution in [3.05, 3.63) is 0 Å². The van der Waals surface area contributed by atoms with Crippen molar-refractivity contribution in [2.24, 2.45) is 5.92 Å². The van der Waals surface area contributed by atoms with Gasteiger partial charge in [-0.05, 0) is 44.7 Å². The van der Waals surface area contributed by atoms with Crippen molar-refractivity contribution < 1.29 is 14.6 Å². The summed E-state index contributed by atoms with van der Waals surface area (Å²) in [5.74, 6) is 0.763. The van der Waals surface area contributed by atoms with Crippen LogP contribution in [0.15, 0.2) is 0 Å². The van der Waals surface area contributed by atoms with E-state index in [9.17, 15) is 4.79 Å². The number of carboxylic acid groups (broad SMARTS) is 1. The molecule has 0 saturated carbocycles. The SMILES string of the molecule is O=C(O)OCCCC1CCNCC1. The Balaban J connectivity index is 1.95. The minimum atomic E-state index is -1.16. The molecule has 1 saturated heterocycles. The first kappa shape index (κ1) is 10.3. The maximum absolute atomic E-state index is 10.0. The molecule has 1 heterocycles. The summed E-state index contributed by atoms with van der Waals surface area (Å²) in [6, 6.07) is 0. The third kappa shape index (κ3) is 4.72. The van der Waals surface area contributed by atoms with Gasteiger partial charge in [-0.3, -0.25) is 0 Å². The molecule has 0 bridgehead atoms. The van der Waals surface area contributed by atoms with Crippen LogP contribution >= 0.6 is 0 Å². The molecule has 2 N–H and O–H groups in total. The van der Waals surface area contributed by atoms with Crippen LogP contribution in [0.2, 0.25) is 0 Å². The summed E-state index contributed by atoms with van der Waals surface area (Å²) in [6.45, 7) is 2.55. The van der Waals surface area contributed by atoms with E-state index < -0.39 is 6.16 Å². The first-order chi connectivity index (χ1) is 6.29. The molecule has 76 valence electrons. The first-order valence-corrected chi connectivity index (χ1v) is 4.85. The highest BCUT2D eigenvalue weighted by Gasteiger charge is 2.12. The Morgan fingerprint density at radius 3 is 2.77 bits per heavy atom. The van der Waals surface area contributed by atoms with Gasteiger partial charge in [0, 0.05) is 0 Å². The molecular weight excluding hydrogens is 170 g/mol. The van der Waals surface area contributed by atoms with Gasteiger partial charge in [0.25, 0.3) is 0 Å². The Morgan fingerprint density at radius 2 is 2.15 bits per heavy atom. The molecule has 0 amide bonds. The van der Waals surface area contributed by atoms with Gasteiger partial charge in [0.2, 0.25) is 0 Å². The van der Waals surface area contributed by atoms with Crippen LogP contribution in [0, 0.1) is 5.92 Å². The molecule has 0 unspecified atom stereocenters. The average molecular weight is 187 g/mol. The Kier molecular flexibility index (Phi) is 4.60. The average Bonchev–Trinajstić information content (AvgIpc) is 2.14. The van der Waals surface area contributed by atoms with Crippen LogP contribution in [0.4, 0.5) is 4.79 Å². The molecular formula is C9H17NO3. The normalized spacial score (nSPS) is 18.5. The van der Waals surface area contributed by atoms with E-state index in [0.29, 0.717) is 6.61 Å². The molecule has 0 atom stereocenters. The van der Waals surface area contributed by atoms with Crippen molar-refractivity contribution >= 4 is 6.16 Å². The molecule has 0 spiro atoms. The van der Waals surface area contributed by atoms with Crippen LogP contribution < -0.4 is 5.32 Å². The third-order valence-electron chi connectivity index (χ3n) is 2.44. The van der Waals surface area contributed by atoms with Gasteiger partial charge < -0.3 is 15.2 Å². The lowest BCUT2D eigenvalue weighted by Gasteiger charge is -2.22. The standard InChI is InChI=1S/C9H17NO3/c11-9(12)13-7-1-2-8-3-5-10-6-4-8/h8,10H,1-7H2,(H,11,12). The number of rotatable bonds is 4. The molecule has 13 heavy (non-hydrogen) atoms. The fourth-order valence-electron chi connectivity index (χ4n) is 1.70. The summed E-state index contributed by atoms with van der Waals surface area (Å²) in [7, 11) is 0. The number of hydrogen-bond acceptors (Lipinski definition) is 3. The highest BCUT2D eigenvalue weighted by Crippen LogP contribution is 2.17. The number of piperidine rings is 1. The van der Waals surface area contributed by atoms with Crippen molar-refractivity contribution in [3.8, 4) is 0 Å². The molecule has 4 nitrogen and oxygen atoms in total. The van der Waals surface area contributed by atoms with Crippen molar-refractivity contribution in [2.75, 3.05) is 19.7 Å². The van der Waals surface area contributed by atoms with Gasteiger partial charge in [-0.2, -0.15) is 0 Å². The zero-order valence-electron chi connectivity index (χ0n) is 7.79. The minimum absolute atomic E-state index is 0.346. The lowest BCUT2D eigenvalue weighted by Crippen LogP contribution is -2.27. The van der Waals surface area contributed by atoms with Gasteiger partial charge in [-0.1, -0.05) is 0 Å². The zero-order valence-corrected chi connectivity index (χ0v) is 7.79. The van der Waals surface area contributed by atoms with Crippen molar-refractivity contribution in [1.29, 1.82) is 0 Å². The Morgan fingerprint density at radius 1 is 1.46 bits per heavy atom. The molecule has 1 fully saturated rings. The number of nitrogens with one attached hydrogen (secondary N) is 1. The van der Waals surface area contributed by atoms with Gasteiger partial charge >= 0.3 is 6.16 Å². The smallest absolute Gasteiger partial charge is 0.450 e. The molecule has 0 aromatic heterocycles. The fourth-order valence-corrected chi connectivity index (χ4v) is 1.70. The molecule has 1 rings (SSSR count). The van der Waals surface area contributed by atoms with Gasteiger partial charge in [0.15, 0.2) is 0 Å². The molecule has 1 aliphatic rings. The second kappa shape index (κ2) is 5.80. The number of ether oxygens (including phenoxy) is 1. The van der Waals surface area contributed by atoms with Crippen molar-refractivity contribution in [2.45, 2.75) is 25.7 Å². The zero-order chi connectivity index (χ0) is 9.52. The summed E-state index contributed by atoms with van der Waals surface area (Å²) in [5.41, 5.74) is 0. The fraction of sp³-hybridized carbons (Fsp3) is 0.889. The highest BCUT2D eigenvalue weighted by atomic mass is 16.7. The maximum Gasteiger partial charge on any atom is 0.505 e. The molecule has 0 aromatic carbocycles. The predicted octanol–water partition coefficient (Wildman–Crippen LogP) is 1.46. The van der Waals surface area contributed by atoms with E-state index in [1.807, 2.05) is 0 Å². The lowest BCUT2D eigenvalue weighted by atomic mass is 9.93. The first-order valence-electron chi connectivity index (χ1n) is 4.85. The van der Waals surface area contributed by atoms with E-state index >= 15 is 0 Å². The van der Waals surface area contributed by atoms with Crippen LogP contribution in [0.3, 0.4) is 0 Å². The van der Waals surface area contributed by atoms with Crippen molar-refractivity contribution in [3.63, 3.8) is 0 Å². The van der Waals surface area contributed by atoms with E-state index in [-0.39, 0.29) is 0 Å². The third-order valence-corrected chi connectivity index (χ3v) is 2.44. The van der Waals surface area contributed by atoms with Crippen molar-refractivity contribution in [1.82, 2.24) is 5.32 Å². The molecule has 4 heteroatoms. The van der Waals surface area contributed by atoms with Crippen LogP contribution in [0.5, 0.6) is 0 Å².